The van der Waals surface area contributed by atoms with Crippen LogP contribution in [0.4, 0.5) is 5.69 Å². The van der Waals surface area contributed by atoms with Gasteiger partial charge >= 0.3 is 0 Å². The predicted molar refractivity (Wildman–Crippen MR) is 68.8 cm³/mol. The van der Waals surface area contributed by atoms with E-state index in [9.17, 15) is 8.42 Å². The molecule has 0 atom stereocenters. The highest BCUT2D eigenvalue weighted by atomic mass is 32.2. The van der Waals surface area contributed by atoms with Gasteiger partial charge in [0.05, 0.1) is 5.69 Å². The summed E-state index contributed by atoms with van der Waals surface area (Å²) in [7, 11) is -3.63. The summed E-state index contributed by atoms with van der Waals surface area (Å²) in [4.78, 5) is 3.87. The Morgan fingerprint density at radius 1 is 1.42 bits per heavy atom. The Balaban J connectivity index is 2.05. The number of hydrogen-bond donors (Lipinski definition) is 2. The average Bonchev–Trinajstić information content (AvgIpc) is 2.81. The monoisotopic (exact) mass is 282 g/mol. The number of hydrogen-bond acceptors (Lipinski definition) is 6. The van der Waals surface area contributed by atoms with Crippen molar-refractivity contribution in [2.45, 2.75) is 18.2 Å². The van der Waals surface area contributed by atoms with Crippen molar-refractivity contribution in [3.8, 4) is 0 Å². The molecule has 0 radical (unpaired) electrons. The van der Waals surface area contributed by atoms with Crippen LogP contribution in [0.25, 0.3) is 0 Å². The molecule has 0 amide bonds. The summed E-state index contributed by atoms with van der Waals surface area (Å²) >= 11 is 0. The van der Waals surface area contributed by atoms with Crippen molar-refractivity contribution in [3.63, 3.8) is 0 Å². The van der Waals surface area contributed by atoms with Gasteiger partial charge in [0.2, 0.25) is 15.9 Å². The summed E-state index contributed by atoms with van der Waals surface area (Å²) in [5, 5.41) is 3.44. The van der Waals surface area contributed by atoms with Crippen molar-refractivity contribution >= 4 is 15.7 Å². The number of aromatic nitrogens is 2. The Kier molecular flexibility index (Phi) is 3.82. The lowest BCUT2D eigenvalue weighted by molar-refractivity contribution is 0.377. The molecular weight excluding hydrogens is 268 g/mol. The minimum Gasteiger partial charge on any atom is -0.398 e. The third-order valence-corrected chi connectivity index (χ3v) is 4.03. The summed E-state index contributed by atoms with van der Waals surface area (Å²) in [6.45, 7) is 2.01. The number of nitrogens with one attached hydrogen (secondary N) is 1. The van der Waals surface area contributed by atoms with E-state index in [1.165, 1.54) is 12.4 Å². The summed E-state index contributed by atoms with van der Waals surface area (Å²) in [5.41, 5.74) is 6.85. The van der Waals surface area contributed by atoms with E-state index >= 15 is 0 Å². The van der Waals surface area contributed by atoms with Gasteiger partial charge in [0.1, 0.15) is 4.90 Å². The predicted octanol–water partition coefficient (Wildman–Crippen LogP) is 0.481. The molecule has 0 unspecified atom stereocenters. The zero-order chi connectivity index (χ0) is 13.9. The van der Waals surface area contributed by atoms with Crippen LogP contribution in [0.3, 0.4) is 0 Å². The van der Waals surface area contributed by atoms with Crippen molar-refractivity contribution in [1.82, 2.24) is 14.9 Å². The van der Waals surface area contributed by atoms with Crippen molar-refractivity contribution in [2.75, 3.05) is 12.3 Å². The number of sulfonamides is 1. The van der Waals surface area contributed by atoms with Crippen LogP contribution in [-0.4, -0.2) is 25.1 Å². The van der Waals surface area contributed by atoms with Gasteiger partial charge in [0.25, 0.3) is 0 Å². The molecule has 1 aromatic carbocycles. The van der Waals surface area contributed by atoms with Crippen LogP contribution < -0.4 is 10.5 Å². The average molecular weight is 282 g/mol. The first-order chi connectivity index (χ1) is 8.99. The van der Waals surface area contributed by atoms with Gasteiger partial charge in [0, 0.05) is 13.0 Å². The molecule has 0 bridgehead atoms. The molecule has 0 spiro atoms. The Morgan fingerprint density at radius 2 is 2.21 bits per heavy atom. The zero-order valence-electron chi connectivity index (χ0n) is 10.3. The molecular formula is C11H14N4O3S. The summed E-state index contributed by atoms with van der Waals surface area (Å²) < 4.78 is 31.3. The van der Waals surface area contributed by atoms with E-state index in [-0.39, 0.29) is 17.1 Å². The third kappa shape index (κ3) is 3.30. The van der Waals surface area contributed by atoms with E-state index < -0.39 is 10.0 Å². The Labute approximate surface area is 110 Å². The minimum atomic E-state index is -3.63. The van der Waals surface area contributed by atoms with Gasteiger partial charge in [-0.3, -0.25) is 0 Å². The van der Waals surface area contributed by atoms with Crippen molar-refractivity contribution in [2.24, 2.45) is 0 Å². The van der Waals surface area contributed by atoms with E-state index in [4.69, 9.17) is 10.3 Å². The summed E-state index contributed by atoms with van der Waals surface area (Å²) in [6.07, 6.45) is 1.59. The smallest absolute Gasteiger partial charge is 0.242 e. The molecule has 102 valence electrons. The highest BCUT2D eigenvalue weighted by Gasteiger charge is 2.17. The highest BCUT2D eigenvalue weighted by molar-refractivity contribution is 7.89. The van der Waals surface area contributed by atoms with Crippen LogP contribution >= 0.6 is 0 Å². The molecule has 0 saturated heterocycles. The molecule has 1 aromatic heterocycles. The fourth-order valence-electron chi connectivity index (χ4n) is 1.59. The van der Waals surface area contributed by atoms with Crippen LogP contribution in [0.2, 0.25) is 0 Å². The number of nitrogens with zero attached hydrogens (tertiary/aromatic N) is 2. The molecule has 2 aromatic rings. The molecule has 0 fully saturated rings. The summed E-state index contributed by atoms with van der Waals surface area (Å²) in [6, 6.07) is 4.80. The molecule has 8 heteroatoms. The van der Waals surface area contributed by atoms with Crippen molar-refractivity contribution in [3.05, 3.63) is 36.0 Å². The van der Waals surface area contributed by atoms with Gasteiger partial charge in [0.15, 0.2) is 6.33 Å². The van der Waals surface area contributed by atoms with E-state index in [0.29, 0.717) is 12.3 Å². The maximum absolute atomic E-state index is 12.0. The second-order valence-corrected chi connectivity index (χ2v) is 5.76. The number of anilines is 1. The van der Waals surface area contributed by atoms with E-state index in [2.05, 4.69) is 14.9 Å². The Morgan fingerprint density at radius 3 is 2.84 bits per heavy atom. The summed E-state index contributed by atoms with van der Waals surface area (Å²) in [5.74, 6) is 0.375. The normalized spacial score (nSPS) is 11.6. The van der Waals surface area contributed by atoms with Crippen molar-refractivity contribution < 1.29 is 12.9 Å². The molecule has 0 aliphatic heterocycles. The molecule has 3 N–H and O–H groups in total. The highest BCUT2D eigenvalue weighted by Crippen LogP contribution is 2.19. The molecule has 2 rings (SSSR count). The van der Waals surface area contributed by atoms with Gasteiger partial charge < -0.3 is 10.3 Å². The molecule has 1 heterocycles. The van der Waals surface area contributed by atoms with Gasteiger partial charge in [-0.25, -0.2) is 13.1 Å². The van der Waals surface area contributed by atoms with Crippen molar-refractivity contribution in [1.29, 1.82) is 0 Å². The topological polar surface area (TPSA) is 111 Å². The number of rotatable bonds is 5. The fourth-order valence-corrected chi connectivity index (χ4v) is 2.73. The molecule has 0 aliphatic rings. The van der Waals surface area contributed by atoms with Crippen LogP contribution in [0, 0.1) is 6.92 Å². The first-order valence-electron chi connectivity index (χ1n) is 5.60. The van der Waals surface area contributed by atoms with E-state index in [1.807, 2.05) is 6.92 Å². The third-order valence-electron chi connectivity index (χ3n) is 2.49. The van der Waals surface area contributed by atoms with Crippen LogP contribution in [-0.2, 0) is 16.4 Å². The minimum absolute atomic E-state index is 0.0728. The number of nitrogen functional groups attached to an aromatic ring is 1. The van der Waals surface area contributed by atoms with Gasteiger partial charge in [-0.05, 0) is 24.6 Å². The largest absolute Gasteiger partial charge is 0.398 e. The lowest BCUT2D eigenvalue weighted by atomic mass is 10.2. The zero-order valence-corrected chi connectivity index (χ0v) is 11.1. The Bertz CT molecular complexity index is 653. The number of benzene rings is 1. The number of aryl methyl sites for hydroxylation is 1. The molecule has 19 heavy (non-hydrogen) atoms. The Hall–Kier alpha value is -1.93. The fraction of sp³-hybridized carbons (Fsp3) is 0.273. The lowest BCUT2D eigenvalue weighted by Gasteiger charge is -2.08. The maximum atomic E-state index is 12.0. The molecule has 0 aliphatic carbocycles. The van der Waals surface area contributed by atoms with Gasteiger partial charge in [-0.2, -0.15) is 4.98 Å². The van der Waals surface area contributed by atoms with Gasteiger partial charge in [-0.15, -0.1) is 0 Å². The van der Waals surface area contributed by atoms with E-state index in [0.717, 1.165) is 5.56 Å². The lowest BCUT2D eigenvalue weighted by Crippen LogP contribution is -2.26. The molecule has 7 nitrogen and oxygen atoms in total. The first kappa shape index (κ1) is 13.5. The number of nitrogens with two attached hydrogens (primary N) is 1. The van der Waals surface area contributed by atoms with Crippen LogP contribution in [0.5, 0.6) is 0 Å². The maximum Gasteiger partial charge on any atom is 0.242 e. The first-order valence-corrected chi connectivity index (χ1v) is 7.09. The quantitative estimate of drug-likeness (QED) is 0.772. The van der Waals surface area contributed by atoms with E-state index in [1.54, 1.807) is 12.1 Å². The van der Waals surface area contributed by atoms with Gasteiger partial charge in [-0.1, -0.05) is 11.2 Å². The second-order valence-electron chi connectivity index (χ2n) is 4.02. The van der Waals surface area contributed by atoms with Crippen LogP contribution in [0.15, 0.2) is 33.9 Å². The standard InChI is InChI=1S/C11H14N4O3S/c1-8-2-3-10(9(12)6-8)19(16,17)15-5-4-11-13-7-14-18-11/h2-3,6-7,15H,4-5,12H2,1H3. The van der Waals surface area contributed by atoms with Crippen LogP contribution in [0.1, 0.15) is 11.5 Å². The molecule has 0 saturated carbocycles. The second kappa shape index (κ2) is 5.37. The SMILES string of the molecule is Cc1ccc(S(=O)(=O)NCCc2ncno2)c(N)c1.